The van der Waals surface area contributed by atoms with Crippen LogP contribution in [0, 0.1) is 0 Å². The maximum absolute atomic E-state index is 5.12. The lowest BCUT2D eigenvalue weighted by atomic mass is 10.2. The van der Waals surface area contributed by atoms with Crippen LogP contribution in [0.15, 0.2) is 30.5 Å². The van der Waals surface area contributed by atoms with E-state index in [0.717, 1.165) is 10.9 Å². The molecule has 15 heavy (non-hydrogen) atoms. The number of aromatic nitrogens is 2. The number of hydrogen-bond donors (Lipinski definition) is 3. The molecule has 1 heterocycles. The Kier molecular flexibility index (Phi) is 2.70. The first-order chi connectivity index (χ1) is 7.29. The molecular formula is C9H9N5S. The van der Waals surface area contributed by atoms with Gasteiger partial charge in [-0.25, -0.2) is 15.8 Å². The maximum atomic E-state index is 5.12. The van der Waals surface area contributed by atoms with E-state index in [9.17, 15) is 0 Å². The lowest BCUT2D eigenvalue weighted by Gasteiger charge is -2.05. The van der Waals surface area contributed by atoms with Crippen molar-refractivity contribution in [2.75, 3.05) is 5.32 Å². The molecule has 5 nitrogen and oxygen atoms in total. The zero-order valence-corrected chi connectivity index (χ0v) is 8.58. The molecule has 0 aliphatic heterocycles. The average Bonchev–Trinajstić information content (AvgIpc) is 2.29. The van der Waals surface area contributed by atoms with Crippen LogP contribution in [-0.4, -0.2) is 15.1 Å². The minimum absolute atomic E-state index is 0.283. The Morgan fingerprint density at radius 3 is 2.93 bits per heavy atom. The van der Waals surface area contributed by atoms with Gasteiger partial charge in [-0.1, -0.05) is 18.2 Å². The van der Waals surface area contributed by atoms with Crippen LogP contribution in [0.2, 0.25) is 0 Å². The van der Waals surface area contributed by atoms with Gasteiger partial charge in [0, 0.05) is 11.6 Å². The molecule has 4 N–H and O–H groups in total. The molecule has 2 aromatic rings. The Morgan fingerprint density at radius 1 is 1.33 bits per heavy atom. The molecule has 0 saturated heterocycles. The summed E-state index contributed by atoms with van der Waals surface area (Å²) in [5, 5.41) is 4.02. The van der Waals surface area contributed by atoms with E-state index in [4.69, 9.17) is 18.1 Å². The second-order valence-electron chi connectivity index (χ2n) is 2.85. The molecule has 0 bridgehead atoms. The number of nitrogens with two attached hydrogens (primary N) is 1. The third-order valence-corrected chi connectivity index (χ3v) is 2.07. The second kappa shape index (κ2) is 4.16. The fourth-order valence-electron chi connectivity index (χ4n) is 1.17. The first kappa shape index (κ1) is 9.75. The molecule has 0 amide bonds. The largest absolute Gasteiger partial charge is 0.301 e. The predicted octanol–water partition coefficient (Wildman–Crippen LogP) is 0.790. The highest BCUT2D eigenvalue weighted by molar-refractivity contribution is 7.80. The Hall–Kier alpha value is -1.79. The van der Waals surface area contributed by atoms with Crippen molar-refractivity contribution < 1.29 is 0 Å². The number of hydrazine groups is 1. The Bertz CT molecular complexity index is 499. The molecule has 2 rings (SSSR count). The van der Waals surface area contributed by atoms with E-state index in [-0.39, 0.29) is 5.11 Å². The van der Waals surface area contributed by atoms with Gasteiger partial charge < -0.3 is 10.7 Å². The molecular weight excluding hydrogens is 210 g/mol. The molecule has 0 radical (unpaired) electrons. The molecule has 1 aromatic carbocycles. The number of thiocarbonyl (C=S) groups is 1. The summed E-state index contributed by atoms with van der Waals surface area (Å²) in [4.78, 5) is 8.35. The third kappa shape index (κ3) is 2.17. The minimum atomic E-state index is 0.283. The SMILES string of the molecule is NNC(=S)Nc1ncc2ccccc2n1. The number of anilines is 1. The highest BCUT2D eigenvalue weighted by Crippen LogP contribution is 2.11. The molecule has 1 aromatic heterocycles. The highest BCUT2D eigenvalue weighted by atomic mass is 32.1. The Labute approximate surface area is 91.7 Å². The van der Waals surface area contributed by atoms with E-state index < -0.39 is 0 Å². The number of para-hydroxylation sites is 1. The topological polar surface area (TPSA) is 75.9 Å². The van der Waals surface area contributed by atoms with Gasteiger partial charge >= 0.3 is 0 Å². The first-order valence-corrected chi connectivity index (χ1v) is 4.70. The predicted molar refractivity (Wildman–Crippen MR) is 63.1 cm³/mol. The number of nitrogens with one attached hydrogen (secondary N) is 2. The number of rotatable bonds is 1. The fraction of sp³-hybridized carbons (Fsp3) is 0. The van der Waals surface area contributed by atoms with Crippen molar-refractivity contribution in [3.63, 3.8) is 0 Å². The molecule has 0 spiro atoms. The summed E-state index contributed by atoms with van der Waals surface area (Å²) in [6, 6.07) is 7.70. The van der Waals surface area contributed by atoms with Gasteiger partial charge in [-0.05, 0) is 18.3 Å². The van der Waals surface area contributed by atoms with Gasteiger partial charge in [0.2, 0.25) is 5.95 Å². The number of benzene rings is 1. The van der Waals surface area contributed by atoms with E-state index in [1.165, 1.54) is 0 Å². The van der Waals surface area contributed by atoms with Crippen LogP contribution in [0.5, 0.6) is 0 Å². The van der Waals surface area contributed by atoms with Gasteiger partial charge in [0.15, 0.2) is 5.11 Å². The summed E-state index contributed by atoms with van der Waals surface area (Å²) < 4.78 is 0. The highest BCUT2D eigenvalue weighted by Gasteiger charge is 2.00. The van der Waals surface area contributed by atoms with Crippen LogP contribution in [0.25, 0.3) is 10.9 Å². The summed E-state index contributed by atoms with van der Waals surface area (Å²) in [5.74, 6) is 5.55. The molecule has 0 unspecified atom stereocenters. The molecule has 0 aliphatic rings. The lowest BCUT2D eigenvalue weighted by molar-refractivity contribution is 1.04. The normalized spacial score (nSPS) is 9.93. The molecule has 0 aliphatic carbocycles. The standard InChI is InChI=1S/C9H9N5S/c10-14-9(15)13-8-11-5-6-3-1-2-4-7(6)12-8/h1-5H,10H2,(H2,11,12,13,14,15). The van der Waals surface area contributed by atoms with E-state index >= 15 is 0 Å². The van der Waals surface area contributed by atoms with Crippen molar-refractivity contribution >= 4 is 34.2 Å². The Morgan fingerprint density at radius 2 is 2.13 bits per heavy atom. The van der Waals surface area contributed by atoms with Crippen molar-refractivity contribution in [2.45, 2.75) is 0 Å². The van der Waals surface area contributed by atoms with E-state index in [1.807, 2.05) is 24.3 Å². The summed E-state index contributed by atoms with van der Waals surface area (Å²) in [5.41, 5.74) is 3.16. The summed E-state index contributed by atoms with van der Waals surface area (Å²) in [6.07, 6.45) is 1.73. The van der Waals surface area contributed by atoms with Crippen LogP contribution in [-0.2, 0) is 0 Å². The molecule has 76 valence electrons. The van der Waals surface area contributed by atoms with Crippen molar-refractivity contribution in [3.8, 4) is 0 Å². The van der Waals surface area contributed by atoms with Crippen molar-refractivity contribution in [1.82, 2.24) is 15.4 Å². The smallest absolute Gasteiger partial charge is 0.229 e. The maximum Gasteiger partial charge on any atom is 0.229 e. The Balaban J connectivity index is 2.34. The minimum Gasteiger partial charge on any atom is -0.301 e. The zero-order chi connectivity index (χ0) is 10.7. The second-order valence-corrected chi connectivity index (χ2v) is 3.26. The molecule has 0 fully saturated rings. The van der Waals surface area contributed by atoms with Crippen molar-refractivity contribution in [1.29, 1.82) is 0 Å². The molecule has 6 heteroatoms. The molecule has 0 saturated carbocycles. The summed E-state index contributed by atoms with van der Waals surface area (Å²) >= 11 is 4.83. The van der Waals surface area contributed by atoms with Crippen molar-refractivity contribution in [3.05, 3.63) is 30.5 Å². The van der Waals surface area contributed by atoms with Gasteiger partial charge in [0.25, 0.3) is 0 Å². The number of fused-ring (bicyclic) bond motifs is 1. The molecule has 0 atom stereocenters. The van der Waals surface area contributed by atoms with E-state index in [2.05, 4.69) is 20.7 Å². The number of hydrogen-bond acceptors (Lipinski definition) is 4. The van der Waals surface area contributed by atoms with E-state index in [1.54, 1.807) is 6.20 Å². The number of nitrogens with zero attached hydrogens (tertiary/aromatic N) is 2. The van der Waals surface area contributed by atoms with Gasteiger partial charge in [0.1, 0.15) is 0 Å². The van der Waals surface area contributed by atoms with Crippen LogP contribution in [0.4, 0.5) is 5.95 Å². The monoisotopic (exact) mass is 219 g/mol. The quantitative estimate of drug-likeness (QED) is 0.374. The third-order valence-electron chi connectivity index (χ3n) is 1.85. The first-order valence-electron chi connectivity index (χ1n) is 4.29. The summed E-state index contributed by atoms with van der Waals surface area (Å²) in [7, 11) is 0. The summed E-state index contributed by atoms with van der Waals surface area (Å²) in [6.45, 7) is 0. The van der Waals surface area contributed by atoms with E-state index in [0.29, 0.717) is 5.95 Å². The fourth-order valence-corrected chi connectivity index (χ4v) is 1.26. The lowest BCUT2D eigenvalue weighted by Crippen LogP contribution is -2.34. The van der Waals surface area contributed by atoms with Crippen LogP contribution >= 0.6 is 12.2 Å². The average molecular weight is 219 g/mol. The van der Waals surface area contributed by atoms with Crippen LogP contribution in [0.3, 0.4) is 0 Å². The van der Waals surface area contributed by atoms with Crippen LogP contribution in [0.1, 0.15) is 0 Å². The van der Waals surface area contributed by atoms with Crippen LogP contribution < -0.4 is 16.6 Å². The van der Waals surface area contributed by atoms with Gasteiger partial charge in [-0.2, -0.15) is 0 Å². The zero-order valence-electron chi connectivity index (χ0n) is 7.77. The van der Waals surface area contributed by atoms with Gasteiger partial charge in [-0.3, -0.25) is 0 Å². The van der Waals surface area contributed by atoms with Gasteiger partial charge in [-0.15, -0.1) is 0 Å². The van der Waals surface area contributed by atoms with Gasteiger partial charge in [0.05, 0.1) is 5.52 Å². The van der Waals surface area contributed by atoms with Crippen molar-refractivity contribution in [2.24, 2.45) is 5.84 Å².